The topological polar surface area (TPSA) is 78.9 Å². The Kier molecular flexibility index (Phi) is 7.53. The van der Waals surface area contributed by atoms with E-state index in [4.69, 9.17) is 14.2 Å². The van der Waals surface area contributed by atoms with Crippen LogP contribution in [-0.2, 0) is 30.3 Å². The van der Waals surface area contributed by atoms with Gasteiger partial charge < -0.3 is 14.2 Å². The first-order valence-corrected chi connectivity index (χ1v) is 7.11. The van der Waals surface area contributed by atoms with Crippen LogP contribution in [0.2, 0.25) is 0 Å². The van der Waals surface area contributed by atoms with E-state index in [1.54, 1.807) is 31.4 Å². The molecule has 0 aromatic heterocycles. The average Bonchev–Trinajstić information content (AvgIpc) is 2.51. The van der Waals surface area contributed by atoms with E-state index >= 15 is 0 Å². The third kappa shape index (κ3) is 7.26. The average molecular weight is 320 g/mol. The molecule has 0 unspecified atom stereocenters. The van der Waals surface area contributed by atoms with Gasteiger partial charge in [0, 0.05) is 12.0 Å². The Morgan fingerprint density at radius 2 is 1.74 bits per heavy atom. The Labute approximate surface area is 135 Å². The minimum atomic E-state index is -0.644. The highest BCUT2D eigenvalue weighted by molar-refractivity contribution is 5.87. The monoisotopic (exact) mass is 320 g/mol. The fourth-order valence-electron chi connectivity index (χ4n) is 1.63. The lowest BCUT2D eigenvalue weighted by Gasteiger charge is -2.05. The van der Waals surface area contributed by atoms with Crippen LogP contribution in [0.25, 0.3) is 0 Å². The van der Waals surface area contributed by atoms with Crippen molar-refractivity contribution >= 4 is 17.9 Å². The SMILES string of the molecule is C=C(C)C(=O)OCCCC(=O)OC(=O)Cc1ccc(OC)cc1. The molecule has 0 aliphatic heterocycles. The zero-order valence-corrected chi connectivity index (χ0v) is 13.3. The number of carbonyl (C=O) groups excluding carboxylic acids is 3. The lowest BCUT2D eigenvalue weighted by molar-refractivity contribution is -0.159. The number of carbonyl (C=O) groups is 3. The summed E-state index contributed by atoms with van der Waals surface area (Å²) in [6.45, 7) is 5.05. The van der Waals surface area contributed by atoms with Crippen LogP contribution in [0.4, 0.5) is 0 Å². The summed E-state index contributed by atoms with van der Waals surface area (Å²) in [6, 6.07) is 6.89. The van der Waals surface area contributed by atoms with Gasteiger partial charge in [-0.25, -0.2) is 4.79 Å². The predicted octanol–water partition coefficient (Wildman–Crippen LogP) is 2.21. The number of hydrogen-bond acceptors (Lipinski definition) is 6. The van der Waals surface area contributed by atoms with E-state index in [0.717, 1.165) is 5.56 Å². The van der Waals surface area contributed by atoms with Gasteiger partial charge in [0.05, 0.1) is 20.1 Å². The van der Waals surface area contributed by atoms with Gasteiger partial charge in [0.15, 0.2) is 0 Å². The van der Waals surface area contributed by atoms with Gasteiger partial charge in [-0.15, -0.1) is 0 Å². The number of ether oxygens (including phenoxy) is 3. The van der Waals surface area contributed by atoms with Gasteiger partial charge >= 0.3 is 17.9 Å². The minimum absolute atomic E-state index is 0.000376. The van der Waals surface area contributed by atoms with Crippen LogP contribution in [0.3, 0.4) is 0 Å². The summed E-state index contributed by atoms with van der Waals surface area (Å²) in [5, 5.41) is 0. The fourth-order valence-corrected chi connectivity index (χ4v) is 1.63. The molecule has 0 N–H and O–H groups in total. The fraction of sp³-hybridized carbons (Fsp3) is 0.353. The van der Waals surface area contributed by atoms with Crippen molar-refractivity contribution in [1.29, 1.82) is 0 Å². The minimum Gasteiger partial charge on any atom is -0.497 e. The van der Waals surface area contributed by atoms with E-state index in [1.165, 1.54) is 6.92 Å². The third-order valence-electron chi connectivity index (χ3n) is 2.84. The zero-order valence-electron chi connectivity index (χ0n) is 13.3. The summed E-state index contributed by atoms with van der Waals surface area (Å²) in [5.74, 6) is -1.09. The third-order valence-corrected chi connectivity index (χ3v) is 2.84. The summed E-state index contributed by atoms with van der Waals surface area (Å²) >= 11 is 0. The molecule has 0 spiro atoms. The Morgan fingerprint density at radius 3 is 2.30 bits per heavy atom. The van der Waals surface area contributed by atoms with E-state index < -0.39 is 17.9 Å². The second-order valence-corrected chi connectivity index (χ2v) is 4.89. The van der Waals surface area contributed by atoms with Gasteiger partial charge in [0.2, 0.25) is 0 Å². The van der Waals surface area contributed by atoms with Crippen molar-refractivity contribution in [2.24, 2.45) is 0 Å². The van der Waals surface area contributed by atoms with Crippen LogP contribution in [0.1, 0.15) is 25.3 Å². The molecule has 0 fully saturated rings. The molecule has 0 heterocycles. The summed E-state index contributed by atoms with van der Waals surface area (Å²) in [7, 11) is 1.55. The second kappa shape index (κ2) is 9.40. The zero-order chi connectivity index (χ0) is 17.2. The van der Waals surface area contributed by atoms with Gasteiger partial charge in [-0.05, 0) is 31.0 Å². The molecule has 6 nitrogen and oxygen atoms in total. The highest BCUT2D eigenvalue weighted by Crippen LogP contribution is 2.12. The molecule has 0 aliphatic carbocycles. The molecule has 6 heteroatoms. The van der Waals surface area contributed by atoms with Gasteiger partial charge in [-0.1, -0.05) is 18.7 Å². The summed E-state index contributed by atoms with van der Waals surface area (Å²) in [6.07, 6.45) is 0.284. The van der Waals surface area contributed by atoms with Crippen molar-refractivity contribution in [2.45, 2.75) is 26.2 Å². The maximum absolute atomic E-state index is 11.6. The Bertz CT molecular complexity index is 573. The van der Waals surface area contributed by atoms with Crippen molar-refractivity contribution in [3.8, 4) is 5.75 Å². The van der Waals surface area contributed by atoms with Crippen LogP contribution >= 0.6 is 0 Å². The highest BCUT2D eigenvalue weighted by Gasteiger charge is 2.12. The number of methoxy groups -OCH3 is 1. The standard InChI is InChI=1S/C17H20O6/c1-12(2)17(20)22-10-4-5-15(18)23-16(19)11-13-6-8-14(21-3)9-7-13/h6-9H,1,4-5,10-11H2,2-3H3. The van der Waals surface area contributed by atoms with Gasteiger partial charge in [-0.3, -0.25) is 9.59 Å². The first kappa shape index (κ1) is 18.4. The van der Waals surface area contributed by atoms with Crippen LogP contribution in [0.5, 0.6) is 5.75 Å². The second-order valence-electron chi connectivity index (χ2n) is 4.89. The van der Waals surface area contributed by atoms with Crippen molar-refractivity contribution in [3.05, 3.63) is 42.0 Å². The molecule has 0 aliphatic rings. The number of hydrogen-bond donors (Lipinski definition) is 0. The van der Waals surface area contributed by atoms with E-state index in [1.807, 2.05) is 0 Å². The molecule has 23 heavy (non-hydrogen) atoms. The van der Waals surface area contributed by atoms with E-state index in [-0.39, 0.29) is 25.9 Å². The molecule has 0 saturated heterocycles. The predicted molar refractivity (Wildman–Crippen MR) is 82.8 cm³/mol. The Balaban J connectivity index is 2.26. The van der Waals surface area contributed by atoms with E-state index in [9.17, 15) is 14.4 Å². The summed E-state index contributed by atoms with van der Waals surface area (Å²) in [4.78, 5) is 34.3. The lowest BCUT2D eigenvalue weighted by Crippen LogP contribution is -2.15. The first-order chi connectivity index (χ1) is 10.9. The largest absolute Gasteiger partial charge is 0.497 e. The molecular formula is C17H20O6. The molecule has 0 amide bonds. The van der Waals surface area contributed by atoms with Gasteiger partial charge in [-0.2, -0.15) is 0 Å². The van der Waals surface area contributed by atoms with E-state index in [0.29, 0.717) is 11.3 Å². The van der Waals surface area contributed by atoms with E-state index in [2.05, 4.69) is 6.58 Å². The van der Waals surface area contributed by atoms with Crippen molar-refractivity contribution in [2.75, 3.05) is 13.7 Å². The molecule has 0 radical (unpaired) electrons. The maximum Gasteiger partial charge on any atom is 0.333 e. The number of esters is 3. The van der Waals surface area contributed by atoms with Crippen molar-refractivity contribution < 1.29 is 28.6 Å². The first-order valence-electron chi connectivity index (χ1n) is 7.11. The van der Waals surface area contributed by atoms with Crippen LogP contribution in [0, 0.1) is 0 Å². The molecule has 1 aromatic rings. The molecular weight excluding hydrogens is 300 g/mol. The molecule has 1 rings (SSSR count). The van der Waals surface area contributed by atoms with Gasteiger partial charge in [0.25, 0.3) is 0 Å². The van der Waals surface area contributed by atoms with Crippen molar-refractivity contribution in [3.63, 3.8) is 0 Å². The van der Waals surface area contributed by atoms with Crippen LogP contribution in [0.15, 0.2) is 36.4 Å². The smallest absolute Gasteiger partial charge is 0.333 e. The van der Waals surface area contributed by atoms with Crippen LogP contribution < -0.4 is 4.74 Å². The Hall–Kier alpha value is -2.63. The molecule has 124 valence electrons. The molecule has 0 bridgehead atoms. The normalized spacial score (nSPS) is 9.83. The quantitative estimate of drug-likeness (QED) is 0.316. The lowest BCUT2D eigenvalue weighted by atomic mass is 10.1. The Morgan fingerprint density at radius 1 is 1.09 bits per heavy atom. The van der Waals surface area contributed by atoms with Crippen molar-refractivity contribution in [1.82, 2.24) is 0 Å². The van der Waals surface area contributed by atoms with Crippen LogP contribution in [-0.4, -0.2) is 31.6 Å². The highest BCUT2D eigenvalue weighted by atomic mass is 16.6. The number of benzene rings is 1. The van der Waals surface area contributed by atoms with Gasteiger partial charge in [0.1, 0.15) is 5.75 Å². The summed E-state index contributed by atoms with van der Waals surface area (Å²) < 4.78 is 14.5. The molecule has 1 aromatic carbocycles. The number of rotatable bonds is 8. The maximum atomic E-state index is 11.6. The summed E-state index contributed by atoms with van der Waals surface area (Å²) in [5.41, 5.74) is 1.02. The molecule has 0 atom stereocenters. The molecule has 0 saturated carbocycles.